The Labute approximate surface area is 122 Å². The number of amides is 2. The van der Waals surface area contributed by atoms with Gasteiger partial charge in [0.1, 0.15) is 0 Å². The summed E-state index contributed by atoms with van der Waals surface area (Å²) >= 11 is 0. The summed E-state index contributed by atoms with van der Waals surface area (Å²) in [4.78, 5) is 22.8. The summed E-state index contributed by atoms with van der Waals surface area (Å²) in [6.45, 7) is 2.01. The molecule has 0 unspecified atom stereocenters. The summed E-state index contributed by atoms with van der Waals surface area (Å²) in [6, 6.07) is 13.2. The SMILES string of the molecule is CCc1ccccc1NC(=O)Nc1cccc(C(=O)O)c1. The molecule has 0 spiro atoms. The van der Waals surface area contributed by atoms with Crippen LogP contribution in [0, 0.1) is 0 Å². The summed E-state index contributed by atoms with van der Waals surface area (Å²) in [5, 5.41) is 14.3. The van der Waals surface area contributed by atoms with Crippen LogP contribution in [-0.2, 0) is 6.42 Å². The highest BCUT2D eigenvalue weighted by molar-refractivity contribution is 6.01. The minimum Gasteiger partial charge on any atom is -0.478 e. The lowest BCUT2D eigenvalue weighted by atomic mass is 10.1. The standard InChI is InChI=1S/C16H16N2O3/c1-2-11-6-3-4-9-14(11)18-16(21)17-13-8-5-7-12(10-13)15(19)20/h3-10H,2H2,1H3,(H,19,20)(H2,17,18,21). The summed E-state index contributed by atoms with van der Waals surface area (Å²) in [6.07, 6.45) is 0.810. The first-order chi connectivity index (χ1) is 10.1. The van der Waals surface area contributed by atoms with Gasteiger partial charge in [-0.15, -0.1) is 0 Å². The van der Waals surface area contributed by atoms with E-state index < -0.39 is 12.0 Å². The predicted octanol–water partition coefficient (Wildman–Crippen LogP) is 3.59. The van der Waals surface area contributed by atoms with Crippen LogP contribution in [0.4, 0.5) is 16.2 Å². The van der Waals surface area contributed by atoms with Gasteiger partial charge in [0, 0.05) is 11.4 Å². The molecular weight excluding hydrogens is 268 g/mol. The van der Waals surface area contributed by atoms with E-state index in [0.29, 0.717) is 5.69 Å². The number of anilines is 2. The summed E-state index contributed by atoms with van der Waals surface area (Å²) in [5.41, 5.74) is 2.34. The van der Waals surface area contributed by atoms with Crippen molar-refractivity contribution in [3.63, 3.8) is 0 Å². The number of carbonyl (C=O) groups is 2. The molecule has 2 aromatic rings. The molecular formula is C16H16N2O3. The Balaban J connectivity index is 2.08. The molecule has 0 aliphatic rings. The first-order valence-electron chi connectivity index (χ1n) is 6.59. The highest BCUT2D eigenvalue weighted by Crippen LogP contribution is 2.16. The average Bonchev–Trinajstić information content (AvgIpc) is 2.48. The number of para-hydroxylation sites is 1. The van der Waals surface area contributed by atoms with Crippen molar-refractivity contribution in [3.8, 4) is 0 Å². The Morgan fingerprint density at radius 3 is 2.52 bits per heavy atom. The molecule has 0 saturated carbocycles. The molecule has 0 aliphatic carbocycles. The van der Waals surface area contributed by atoms with Gasteiger partial charge in [-0.1, -0.05) is 31.2 Å². The topological polar surface area (TPSA) is 78.4 Å². The molecule has 2 rings (SSSR count). The van der Waals surface area contributed by atoms with Gasteiger partial charge in [-0.05, 0) is 36.2 Å². The normalized spacial score (nSPS) is 9.95. The van der Waals surface area contributed by atoms with E-state index in [0.717, 1.165) is 17.7 Å². The van der Waals surface area contributed by atoms with E-state index >= 15 is 0 Å². The lowest BCUT2D eigenvalue weighted by Crippen LogP contribution is -2.20. The zero-order valence-electron chi connectivity index (χ0n) is 11.6. The fourth-order valence-electron chi connectivity index (χ4n) is 1.97. The van der Waals surface area contributed by atoms with Gasteiger partial charge in [0.25, 0.3) is 0 Å². The maximum atomic E-state index is 12.0. The largest absolute Gasteiger partial charge is 0.478 e. The number of carboxylic acid groups (broad SMARTS) is 1. The van der Waals surface area contributed by atoms with E-state index in [4.69, 9.17) is 5.11 Å². The van der Waals surface area contributed by atoms with Gasteiger partial charge in [-0.3, -0.25) is 0 Å². The molecule has 3 N–H and O–H groups in total. The second-order valence-corrected chi connectivity index (χ2v) is 4.48. The van der Waals surface area contributed by atoms with Gasteiger partial charge < -0.3 is 15.7 Å². The Kier molecular flexibility index (Phi) is 4.56. The Morgan fingerprint density at radius 2 is 1.81 bits per heavy atom. The zero-order chi connectivity index (χ0) is 15.2. The predicted molar refractivity (Wildman–Crippen MR) is 81.9 cm³/mol. The van der Waals surface area contributed by atoms with Crippen LogP contribution in [0.2, 0.25) is 0 Å². The van der Waals surface area contributed by atoms with E-state index in [9.17, 15) is 9.59 Å². The first kappa shape index (κ1) is 14.6. The summed E-state index contributed by atoms with van der Waals surface area (Å²) < 4.78 is 0. The third kappa shape index (κ3) is 3.82. The number of carbonyl (C=O) groups excluding carboxylic acids is 1. The molecule has 0 bridgehead atoms. The van der Waals surface area contributed by atoms with E-state index in [1.165, 1.54) is 12.1 Å². The van der Waals surface area contributed by atoms with Crippen LogP contribution < -0.4 is 10.6 Å². The van der Waals surface area contributed by atoms with Crippen molar-refractivity contribution in [2.45, 2.75) is 13.3 Å². The summed E-state index contributed by atoms with van der Waals surface area (Å²) in [7, 11) is 0. The third-order valence-electron chi connectivity index (χ3n) is 3.01. The molecule has 0 heterocycles. The van der Waals surface area contributed by atoms with Crippen molar-refractivity contribution in [1.82, 2.24) is 0 Å². The molecule has 5 nitrogen and oxygen atoms in total. The lowest BCUT2D eigenvalue weighted by molar-refractivity contribution is 0.0697. The fraction of sp³-hybridized carbons (Fsp3) is 0.125. The maximum absolute atomic E-state index is 12.0. The minimum absolute atomic E-state index is 0.127. The first-order valence-corrected chi connectivity index (χ1v) is 6.59. The number of aryl methyl sites for hydroxylation is 1. The smallest absolute Gasteiger partial charge is 0.335 e. The average molecular weight is 284 g/mol. The number of benzene rings is 2. The Bertz CT molecular complexity index is 668. The van der Waals surface area contributed by atoms with E-state index in [1.807, 2.05) is 31.2 Å². The molecule has 5 heteroatoms. The van der Waals surface area contributed by atoms with Crippen molar-refractivity contribution >= 4 is 23.4 Å². The molecule has 0 radical (unpaired) electrons. The van der Waals surface area contributed by atoms with Crippen LogP contribution in [0.1, 0.15) is 22.8 Å². The molecule has 2 aromatic carbocycles. The second-order valence-electron chi connectivity index (χ2n) is 4.48. The number of rotatable bonds is 4. The van der Waals surface area contributed by atoms with Crippen LogP contribution in [0.25, 0.3) is 0 Å². The van der Waals surface area contributed by atoms with E-state index in [-0.39, 0.29) is 5.56 Å². The monoisotopic (exact) mass is 284 g/mol. The van der Waals surface area contributed by atoms with Gasteiger partial charge >= 0.3 is 12.0 Å². The molecule has 0 atom stereocenters. The lowest BCUT2D eigenvalue weighted by Gasteiger charge is -2.11. The Morgan fingerprint density at radius 1 is 1.05 bits per heavy atom. The molecule has 0 fully saturated rings. The zero-order valence-corrected chi connectivity index (χ0v) is 11.6. The number of nitrogens with one attached hydrogen (secondary N) is 2. The summed E-state index contributed by atoms with van der Waals surface area (Å²) in [5.74, 6) is -1.03. The van der Waals surface area contributed by atoms with Gasteiger partial charge in [0.2, 0.25) is 0 Å². The number of aromatic carboxylic acids is 1. The number of hydrogen-bond acceptors (Lipinski definition) is 2. The maximum Gasteiger partial charge on any atom is 0.335 e. The fourth-order valence-corrected chi connectivity index (χ4v) is 1.97. The van der Waals surface area contributed by atoms with E-state index in [1.54, 1.807) is 12.1 Å². The molecule has 108 valence electrons. The molecule has 0 aromatic heterocycles. The molecule has 0 aliphatic heterocycles. The van der Waals surface area contributed by atoms with Gasteiger partial charge in [-0.2, -0.15) is 0 Å². The number of carboxylic acids is 1. The molecule has 2 amide bonds. The van der Waals surface area contributed by atoms with Crippen LogP contribution >= 0.6 is 0 Å². The van der Waals surface area contributed by atoms with Crippen LogP contribution in [0.15, 0.2) is 48.5 Å². The van der Waals surface area contributed by atoms with Gasteiger partial charge in [-0.25, -0.2) is 9.59 Å². The van der Waals surface area contributed by atoms with Crippen molar-refractivity contribution in [1.29, 1.82) is 0 Å². The molecule has 21 heavy (non-hydrogen) atoms. The van der Waals surface area contributed by atoms with Gasteiger partial charge in [0.15, 0.2) is 0 Å². The van der Waals surface area contributed by atoms with Crippen molar-refractivity contribution in [2.75, 3.05) is 10.6 Å². The highest BCUT2D eigenvalue weighted by Gasteiger charge is 2.07. The van der Waals surface area contributed by atoms with Crippen LogP contribution in [0.3, 0.4) is 0 Å². The van der Waals surface area contributed by atoms with E-state index in [2.05, 4.69) is 10.6 Å². The number of hydrogen-bond donors (Lipinski definition) is 3. The quantitative estimate of drug-likeness (QED) is 0.802. The third-order valence-corrected chi connectivity index (χ3v) is 3.01. The van der Waals surface area contributed by atoms with Crippen LogP contribution in [0.5, 0.6) is 0 Å². The van der Waals surface area contributed by atoms with Crippen molar-refractivity contribution in [2.24, 2.45) is 0 Å². The van der Waals surface area contributed by atoms with Gasteiger partial charge in [0.05, 0.1) is 5.56 Å². The number of urea groups is 1. The second kappa shape index (κ2) is 6.56. The van der Waals surface area contributed by atoms with Crippen molar-refractivity contribution in [3.05, 3.63) is 59.7 Å². The molecule has 0 saturated heterocycles. The Hall–Kier alpha value is -2.82. The van der Waals surface area contributed by atoms with Crippen molar-refractivity contribution < 1.29 is 14.7 Å². The highest BCUT2D eigenvalue weighted by atomic mass is 16.4. The minimum atomic E-state index is -1.03. The van der Waals surface area contributed by atoms with Crippen LogP contribution in [-0.4, -0.2) is 17.1 Å².